The molecule has 0 amide bonds. The van der Waals surface area contributed by atoms with Crippen molar-refractivity contribution in [2.24, 2.45) is 0 Å². The number of aromatic nitrogens is 1. The molecular formula is C16H15NOS. The Labute approximate surface area is 116 Å². The van der Waals surface area contributed by atoms with Crippen molar-refractivity contribution in [2.45, 2.75) is 19.4 Å². The molecule has 0 saturated heterocycles. The molecule has 1 N–H and O–H groups in total. The molecule has 3 heteroatoms. The molecule has 0 spiro atoms. The van der Waals surface area contributed by atoms with Crippen LogP contribution in [-0.4, -0.2) is 10.1 Å². The first-order chi connectivity index (χ1) is 9.24. The van der Waals surface area contributed by atoms with Gasteiger partial charge in [0.1, 0.15) is 0 Å². The number of thiazole rings is 1. The third-order valence-electron chi connectivity index (χ3n) is 3.25. The van der Waals surface area contributed by atoms with E-state index in [9.17, 15) is 5.11 Å². The summed E-state index contributed by atoms with van der Waals surface area (Å²) >= 11 is 1.66. The minimum Gasteiger partial charge on any atom is -0.388 e. The lowest BCUT2D eigenvalue weighted by Gasteiger charge is -2.11. The summed E-state index contributed by atoms with van der Waals surface area (Å²) in [5.74, 6) is 0. The van der Waals surface area contributed by atoms with Gasteiger partial charge in [-0.2, -0.15) is 0 Å². The van der Waals surface area contributed by atoms with E-state index < -0.39 is 6.10 Å². The Hall–Kier alpha value is -1.71. The van der Waals surface area contributed by atoms with Crippen LogP contribution < -0.4 is 0 Å². The highest BCUT2D eigenvalue weighted by Crippen LogP contribution is 2.27. The second-order valence-electron chi connectivity index (χ2n) is 4.65. The van der Waals surface area contributed by atoms with E-state index in [2.05, 4.69) is 11.1 Å². The zero-order valence-corrected chi connectivity index (χ0v) is 11.5. The van der Waals surface area contributed by atoms with E-state index in [1.807, 2.05) is 49.4 Å². The maximum atomic E-state index is 10.3. The third-order valence-corrected chi connectivity index (χ3v) is 4.31. The Bertz CT molecular complexity index is 672. The van der Waals surface area contributed by atoms with Crippen molar-refractivity contribution in [1.29, 1.82) is 0 Å². The number of aliphatic hydroxyl groups excluding tert-OH is 1. The molecule has 1 aromatic heterocycles. The van der Waals surface area contributed by atoms with Crippen LogP contribution in [0.2, 0.25) is 0 Å². The van der Waals surface area contributed by atoms with Crippen molar-refractivity contribution < 1.29 is 5.11 Å². The van der Waals surface area contributed by atoms with Gasteiger partial charge in [-0.25, -0.2) is 4.98 Å². The maximum absolute atomic E-state index is 10.3. The van der Waals surface area contributed by atoms with Gasteiger partial charge >= 0.3 is 0 Å². The Kier molecular flexibility index (Phi) is 3.32. The molecule has 0 aliphatic heterocycles. The van der Waals surface area contributed by atoms with E-state index in [4.69, 9.17) is 0 Å². The van der Waals surface area contributed by atoms with E-state index in [1.165, 1.54) is 4.70 Å². The van der Waals surface area contributed by atoms with Gasteiger partial charge in [-0.1, -0.05) is 36.4 Å². The topological polar surface area (TPSA) is 33.1 Å². The molecule has 2 nitrogen and oxygen atoms in total. The van der Waals surface area contributed by atoms with E-state index in [1.54, 1.807) is 11.3 Å². The molecule has 0 aliphatic rings. The van der Waals surface area contributed by atoms with Crippen molar-refractivity contribution in [3.8, 4) is 0 Å². The number of fused-ring (bicyclic) bond motifs is 1. The lowest BCUT2D eigenvalue weighted by molar-refractivity contribution is 0.177. The Morgan fingerprint density at radius 3 is 2.63 bits per heavy atom. The fourth-order valence-electron chi connectivity index (χ4n) is 2.24. The molecule has 19 heavy (non-hydrogen) atoms. The van der Waals surface area contributed by atoms with Gasteiger partial charge in [-0.3, -0.25) is 0 Å². The second kappa shape index (κ2) is 5.11. The SMILES string of the molecule is Cc1ccccc1C(O)Cc1nc2ccccc2s1. The molecule has 1 atom stereocenters. The van der Waals surface area contributed by atoms with Crippen LogP contribution in [0.25, 0.3) is 10.2 Å². The quantitative estimate of drug-likeness (QED) is 0.782. The number of benzene rings is 2. The van der Waals surface area contributed by atoms with Crippen LogP contribution in [0.1, 0.15) is 22.2 Å². The van der Waals surface area contributed by atoms with Gasteiger partial charge < -0.3 is 5.11 Å². The lowest BCUT2D eigenvalue weighted by atomic mass is 10.0. The van der Waals surface area contributed by atoms with E-state index in [0.29, 0.717) is 6.42 Å². The summed E-state index contributed by atoms with van der Waals surface area (Å²) in [4.78, 5) is 4.57. The summed E-state index contributed by atoms with van der Waals surface area (Å²) in [6.45, 7) is 2.02. The van der Waals surface area contributed by atoms with Crippen molar-refractivity contribution in [2.75, 3.05) is 0 Å². The number of rotatable bonds is 3. The van der Waals surface area contributed by atoms with Crippen LogP contribution in [0.3, 0.4) is 0 Å². The molecule has 3 rings (SSSR count). The fraction of sp³-hybridized carbons (Fsp3) is 0.188. The Morgan fingerprint density at radius 1 is 1.11 bits per heavy atom. The van der Waals surface area contributed by atoms with Gasteiger partial charge in [0.15, 0.2) is 0 Å². The highest BCUT2D eigenvalue weighted by molar-refractivity contribution is 7.18. The average Bonchev–Trinajstić information content (AvgIpc) is 2.81. The van der Waals surface area contributed by atoms with E-state index >= 15 is 0 Å². The van der Waals surface area contributed by atoms with Gasteiger partial charge in [-0.15, -0.1) is 11.3 Å². The summed E-state index contributed by atoms with van der Waals surface area (Å²) in [5, 5.41) is 11.3. The zero-order valence-electron chi connectivity index (χ0n) is 10.7. The molecule has 0 saturated carbocycles. The molecule has 2 aromatic carbocycles. The van der Waals surface area contributed by atoms with Gasteiger partial charge in [0.25, 0.3) is 0 Å². The molecule has 0 radical (unpaired) electrons. The summed E-state index contributed by atoms with van der Waals surface area (Å²) in [7, 11) is 0. The Balaban J connectivity index is 1.86. The summed E-state index contributed by atoms with van der Waals surface area (Å²) in [6, 6.07) is 16.0. The molecule has 0 bridgehead atoms. The first-order valence-corrected chi connectivity index (χ1v) is 7.14. The summed E-state index contributed by atoms with van der Waals surface area (Å²) in [6.07, 6.45) is 0.0891. The number of hydrogen-bond donors (Lipinski definition) is 1. The summed E-state index contributed by atoms with van der Waals surface area (Å²) in [5.41, 5.74) is 3.12. The Morgan fingerprint density at radius 2 is 1.84 bits per heavy atom. The molecule has 1 heterocycles. The minimum atomic E-state index is -0.484. The van der Waals surface area contributed by atoms with Gasteiger partial charge in [0, 0.05) is 6.42 Å². The van der Waals surface area contributed by atoms with Crippen LogP contribution in [0.4, 0.5) is 0 Å². The van der Waals surface area contributed by atoms with Crippen LogP contribution >= 0.6 is 11.3 Å². The summed E-state index contributed by atoms with van der Waals surface area (Å²) < 4.78 is 1.18. The van der Waals surface area contributed by atoms with Gasteiger partial charge in [-0.05, 0) is 30.2 Å². The van der Waals surface area contributed by atoms with Crippen molar-refractivity contribution in [1.82, 2.24) is 4.98 Å². The molecular weight excluding hydrogens is 254 g/mol. The maximum Gasteiger partial charge on any atom is 0.0967 e. The largest absolute Gasteiger partial charge is 0.388 e. The number of hydrogen-bond acceptors (Lipinski definition) is 3. The molecule has 0 aliphatic carbocycles. The van der Waals surface area contributed by atoms with E-state index in [0.717, 1.165) is 21.7 Å². The highest BCUT2D eigenvalue weighted by Gasteiger charge is 2.13. The van der Waals surface area contributed by atoms with Gasteiger partial charge in [0.05, 0.1) is 21.3 Å². The van der Waals surface area contributed by atoms with Crippen LogP contribution in [0, 0.1) is 6.92 Å². The van der Waals surface area contributed by atoms with Gasteiger partial charge in [0.2, 0.25) is 0 Å². The number of para-hydroxylation sites is 1. The molecule has 1 unspecified atom stereocenters. The number of aliphatic hydroxyl groups is 1. The fourth-order valence-corrected chi connectivity index (χ4v) is 3.25. The van der Waals surface area contributed by atoms with E-state index in [-0.39, 0.29) is 0 Å². The smallest absolute Gasteiger partial charge is 0.0967 e. The minimum absolute atomic E-state index is 0.484. The third kappa shape index (κ3) is 2.53. The average molecular weight is 269 g/mol. The monoisotopic (exact) mass is 269 g/mol. The molecule has 0 fully saturated rings. The van der Waals surface area contributed by atoms with Crippen LogP contribution in [0.15, 0.2) is 48.5 Å². The molecule has 3 aromatic rings. The zero-order chi connectivity index (χ0) is 13.2. The second-order valence-corrected chi connectivity index (χ2v) is 5.77. The lowest BCUT2D eigenvalue weighted by Crippen LogP contribution is -2.03. The van der Waals surface area contributed by atoms with Crippen LogP contribution in [0.5, 0.6) is 0 Å². The van der Waals surface area contributed by atoms with Crippen molar-refractivity contribution in [3.05, 3.63) is 64.7 Å². The predicted molar refractivity (Wildman–Crippen MR) is 79.5 cm³/mol. The highest BCUT2D eigenvalue weighted by atomic mass is 32.1. The first kappa shape index (κ1) is 12.3. The van der Waals surface area contributed by atoms with Crippen molar-refractivity contribution >= 4 is 21.6 Å². The predicted octanol–water partition coefficient (Wildman–Crippen LogP) is 3.88. The number of aryl methyl sites for hydroxylation is 1. The standard InChI is InChI=1S/C16H15NOS/c1-11-6-2-3-7-12(11)14(18)10-16-17-13-8-4-5-9-15(13)19-16/h2-9,14,18H,10H2,1H3. The first-order valence-electron chi connectivity index (χ1n) is 6.32. The number of nitrogens with zero attached hydrogens (tertiary/aromatic N) is 1. The van der Waals surface area contributed by atoms with Crippen molar-refractivity contribution in [3.63, 3.8) is 0 Å². The van der Waals surface area contributed by atoms with Crippen LogP contribution in [-0.2, 0) is 6.42 Å². The normalized spacial score (nSPS) is 12.7. The molecule has 96 valence electrons.